The van der Waals surface area contributed by atoms with Gasteiger partial charge in [0.25, 0.3) is 0 Å². The zero-order chi connectivity index (χ0) is 45.3. The molecule has 0 bridgehead atoms. The molecular weight excluding hydrogens is 1010 g/mol. The first-order valence-corrected chi connectivity index (χ1v) is 24.8. The molecule has 3 saturated heterocycles. The second kappa shape index (κ2) is 22.3. The molecule has 5 heterocycles. The number of nitrogens with zero attached hydrogens (tertiary/aromatic N) is 6. The number of likely N-dealkylation sites (tertiary alicyclic amines) is 1. The van der Waals surface area contributed by atoms with Crippen molar-refractivity contribution in [3.8, 4) is 0 Å². The summed E-state index contributed by atoms with van der Waals surface area (Å²) in [5.41, 5.74) is 8.03. The van der Waals surface area contributed by atoms with Crippen LogP contribution in [0.25, 0.3) is 0 Å². The van der Waals surface area contributed by atoms with Crippen LogP contribution in [0.4, 0.5) is 4.79 Å². The number of fused-ring (bicyclic) bond motifs is 4. The third kappa shape index (κ3) is 12.0. The zero-order valence-corrected chi connectivity index (χ0v) is 41.4. The Morgan fingerprint density at radius 2 is 1.14 bits per heavy atom. The molecule has 3 aliphatic heterocycles. The third-order valence-corrected chi connectivity index (χ3v) is 14.5. The van der Waals surface area contributed by atoms with E-state index in [4.69, 9.17) is 27.9 Å². The number of hydrogen-bond acceptors (Lipinski definition) is 8. The molecule has 4 aromatic rings. The highest BCUT2D eigenvalue weighted by atomic mass is 79.9. The average molecular weight is 1070 g/mol. The minimum absolute atomic E-state index is 0. The van der Waals surface area contributed by atoms with Crippen LogP contribution in [0.3, 0.4) is 0 Å². The number of piperidine rings is 1. The van der Waals surface area contributed by atoms with Crippen LogP contribution in [0.1, 0.15) is 112 Å². The van der Waals surface area contributed by atoms with E-state index in [-0.39, 0.29) is 44.9 Å². The fourth-order valence-corrected chi connectivity index (χ4v) is 11.4. The first-order valence-electron chi connectivity index (χ1n) is 22.5. The molecule has 66 heavy (non-hydrogen) atoms. The molecule has 12 nitrogen and oxygen atoms in total. The Bertz CT molecular complexity index is 2360. The van der Waals surface area contributed by atoms with Gasteiger partial charge in [-0.2, -0.15) is 9.46 Å². The number of piperazine rings is 2. The van der Waals surface area contributed by atoms with E-state index >= 15 is 0 Å². The molecule has 3 fully saturated rings. The largest absolute Gasteiger partial charge is 0.618 e. The maximum atomic E-state index is 13.3. The number of pyridine rings is 2. The van der Waals surface area contributed by atoms with E-state index in [1.54, 1.807) is 17.3 Å². The molecule has 2 aliphatic carbocycles. The Morgan fingerprint density at radius 3 is 1.61 bits per heavy atom. The summed E-state index contributed by atoms with van der Waals surface area (Å²) >= 11 is 19.5. The lowest BCUT2D eigenvalue weighted by Crippen LogP contribution is -2.52. The van der Waals surface area contributed by atoms with Crippen molar-refractivity contribution in [2.24, 2.45) is 5.92 Å². The molecule has 0 unspecified atom stereocenters. The Morgan fingerprint density at radius 1 is 0.682 bits per heavy atom. The van der Waals surface area contributed by atoms with E-state index in [1.807, 2.05) is 43.9 Å². The minimum Gasteiger partial charge on any atom is -0.618 e. The van der Waals surface area contributed by atoms with E-state index in [1.165, 1.54) is 16.7 Å². The van der Waals surface area contributed by atoms with Gasteiger partial charge in [0, 0.05) is 93.0 Å². The van der Waals surface area contributed by atoms with Crippen LogP contribution in [-0.2, 0) is 35.2 Å². The number of hydrogen-bond donors (Lipinski definition) is 1. The molecule has 0 radical (unpaired) electrons. The van der Waals surface area contributed by atoms with Crippen molar-refractivity contribution >= 4 is 67.1 Å². The SMILES string of the molecule is C.C.CC(C)(C)OC(=O)N1CCC(CC(=O)N2CCN([C@H]3c4ccc(Cl)cc4CCc4cc(Br)c[n+]([O-])c43)CC2)CC1.[O-][n+]1cc(Br)cc2c1[C@@H](N1CCNCC1)c1ccc(Cl)cc1CC2. The molecule has 358 valence electrons. The molecule has 2 atom stereocenters. The molecule has 2 aromatic heterocycles. The second-order valence-electron chi connectivity index (χ2n) is 18.6. The first kappa shape index (κ1) is 51.9. The van der Waals surface area contributed by atoms with Crippen LogP contribution in [0, 0.1) is 16.3 Å². The minimum atomic E-state index is -0.509. The predicted molar refractivity (Wildman–Crippen MR) is 269 cm³/mol. The Hall–Kier alpha value is -3.50. The summed E-state index contributed by atoms with van der Waals surface area (Å²) in [4.78, 5) is 34.1. The van der Waals surface area contributed by atoms with Crippen LogP contribution in [0.5, 0.6) is 0 Å². The van der Waals surface area contributed by atoms with Crippen molar-refractivity contribution in [3.63, 3.8) is 0 Å². The van der Waals surface area contributed by atoms with Crippen LogP contribution in [0.15, 0.2) is 69.9 Å². The van der Waals surface area contributed by atoms with Gasteiger partial charge in [-0.25, -0.2) is 4.79 Å². The molecule has 9 rings (SSSR count). The molecule has 0 spiro atoms. The lowest BCUT2D eigenvalue weighted by Gasteiger charge is -2.40. The summed E-state index contributed by atoms with van der Waals surface area (Å²) in [6, 6.07) is 16.0. The maximum Gasteiger partial charge on any atom is 0.410 e. The summed E-state index contributed by atoms with van der Waals surface area (Å²) in [7, 11) is 0. The Kier molecular flexibility index (Phi) is 17.5. The zero-order valence-electron chi connectivity index (χ0n) is 36.8. The van der Waals surface area contributed by atoms with Crippen molar-refractivity contribution in [1.82, 2.24) is 24.9 Å². The highest BCUT2D eigenvalue weighted by Crippen LogP contribution is 2.39. The van der Waals surface area contributed by atoms with Gasteiger partial charge in [0.1, 0.15) is 17.7 Å². The van der Waals surface area contributed by atoms with Crippen LogP contribution >= 0.6 is 55.1 Å². The van der Waals surface area contributed by atoms with Gasteiger partial charge in [-0.3, -0.25) is 14.6 Å². The lowest BCUT2D eigenvalue weighted by atomic mass is 9.93. The van der Waals surface area contributed by atoms with E-state index in [0.717, 1.165) is 116 Å². The number of aromatic nitrogens is 2. The van der Waals surface area contributed by atoms with E-state index in [0.29, 0.717) is 50.7 Å². The molecule has 2 aromatic carbocycles. The maximum absolute atomic E-state index is 13.3. The van der Waals surface area contributed by atoms with Gasteiger partial charge < -0.3 is 30.3 Å². The number of aryl methyl sites for hydroxylation is 4. The summed E-state index contributed by atoms with van der Waals surface area (Å²) in [6.45, 7) is 13.2. The highest BCUT2D eigenvalue weighted by molar-refractivity contribution is 9.10. The molecule has 0 saturated carbocycles. The first-order chi connectivity index (χ1) is 30.6. The van der Waals surface area contributed by atoms with E-state index in [9.17, 15) is 20.0 Å². The Balaban J connectivity index is 0.000000237. The van der Waals surface area contributed by atoms with Crippen molar-refractivity contribution in [1.29, 1.82) is 0 Å². The number of benzene rings is 2. The van der Waals surface area contributed by atoms with Crippen molar-refractivity contribution in [2.75, 3.05) is 65.4 Å². The highest BCUT2D eigenvalue weighted by Gasteiger charge is 2.39. The van der Waals surface area contributed by atoms with Crippen molar-refractivity contribution < 1.29 is 23.8 Å². The average Bonchev–Trinajstić information content (AvgIpc) is 3.52. The number of nitrogens with one attached hydrogen (secondary N) is 1. The Labute approximate surface area is 418 Å². The standard InChI is InChI=1S/C30H38BrClN4O4.C18H19BrClN3O.2CH4/c1-30(2,3)40-29(38)35-10-8-20(9-11-35)16-26(37)33-12-14-34(15-13-33)28-25-7-6-24(32)18-21(25)4-5-22-17-23(31)19-36(39)27(22)28;19-14-9-13-2-1-12-10-15(20)3-4-16(12)18(17(13)23(24)11-14)22-7-5-21-6-8-22;;/h6-7,17-20,28H,4-5,8-16H2,1-3H3;3-4,9-11,18,21H,1-2,5-8H2;2*1H4/t28-;18-;;/m00../s1. The summed E-state index contributed by atoms with van der Waals surface area (Å²) in [5, 5.41) is 30.9. The second-order valence-corrected chi connectivity index (χ2v) is 21.3. The number of ether oxygens (including phenoxy) is 1. The van der Waals surface area contributed by atoms with Gasteiger partial charge >= 0.3 is 6.09 Å². The van der Waals surface area contributed by atoms with Gasteiger partial charge in [-0.1, -0.05) is 50.2 Å². The molecule has 16 heteroatoms. The van der Waals surface area contributed by atoms with Gasteiger partial charge in [0.15, 0.2) is 12.4 Å². The summed E-state index contributed by atoms with van der Waals surface area (Å²) < 4.78 is 9.16. The number of halogens is 4. The van der Waals surface area contributed by atoms with E-state index < -0.39 is 5.60 Å². The lowest BCUT2D eigenvalue weighted by molar-refractivity contribution is -0.617. The topological polar surface area (TPSA) is 122 Å². The predicted octanol–water partition coefficient (Wildman–Crippen LogP) is 9.21. The number of carbonyl (C=O) groups excluding carboxylic acids is 2. The summed E-state index contributed by atoms with van der Waals surface area (Å²) in [5.74, 6) is 0.444. The van der Waals surface area contributed by atoms with Crippen LogP contribution in [0.2, 0.25) is 10.0 Å². The van der Waals surface area contributed by atoms with Gasteiger partial charge in [0.2, 0.25) is 17.3 Å². The fourth-order valence-electron chi connectivity index (χ4n) is 10.1. The van der Waals surface area contributed by atoms with Crippen molar-refractivity contribution in [3.05, 3.63) is 135 Å². The van der Waals surface area contributed by atoms with Crippen LogP contribution < -0.4 is 14.8 Å². The number of carbonyl (C=O) groups is 2. The molecule has 2 amide bonds. The quantitative estimate of drug-likeness (QED) is 0.159. The monoisotopic (exact) mass is 1070 g/mol. The fraction of sp³-hybridized carbons (Fsp3) is 0.520. The number of amides is 2. The molecular formula is C50H65Br2Cl2N7O5. The smallest absolute Gasteiger partial charge is 0.410 e. The van der Waals surface area contributed by atoms with Crippen molar-refractivity contribution in [2.45, 2.75) is 98.3 Å². The van der Waals surface area contributed by atoms with E-state index in [2.05, 4.69) is 77.3 Å². The molecule has 1 N–H and O–H groups in total. The molecule has 5 aliphatic rings. The van der Waals surface area contributed by atoms with Gasteiger partial charge in [-0.15, -0.1) is 0 Å². The summed E-state index contributed by atoms with van der Waals surface area (Å²) in [6.07, 6.45) is 8.40. The van der Waals surface area contributed by atoms with Crippen LogP contribution in [-0.4, -0.2) is 103 Å². The van der Waals surface area contributed by atoms with Gasteiger partial charge in [-0.05, 0) is 156 Å². The van der Waals surface area contributed by atoms with Gasteiger partial charge in [0.05, 0.1) is 8.95 Å². The normalized spacial score (nSPS) is 20.0. The third-order valence-electron chi connectivity index (χ3n) is 13.2. The number of rotatable bonds is 4.